The van der Waals surface area contributed by atoms with Gasteiger partial charge >= 0.3 is 0 Å². The summed E-state index contributed by atoms with van der Waals surface area (Å²) >= 11 is 0. The number of nitrogens with zero attached hydrogens (tertiary/aromatic N) is 5. The van der Waals surface area contributed by atoms with E-state index >= 15 is 0 Å². The highest BCUT2D eigenvalue weighted by Crippen LogP contribution is 2.45. The third-order valence-electron chi connectivity index (χ3n) is 15.3. The van der Waals surface area contributed by atoms with Crippen molar-refractivity contribution in [2.45, 2.75) is 25.7 Å². The molecule has 2 aliphatic carbocycles. The number of rotatable bonds is 17. The maximum atomic E-state index is 12.8. The zero-order valence-electron chi connectivity index (χ0n) is 43.8. The van der Waals surface area contributed by atoms with Crippen LogP contribution in [0, 0.1) is 0 Å². The second-order valence-electron chi connectivity index (χ2n) is 20.1. The van der Waals surface area contributed by atoms with Gasteiger partial charge in [-0.25, -0.2) is 0 Å². The van der Waals surface area contributed by atoms with E-state index in [0.29, 0.717) is 5.56 Å². The van der Waals surface area contributed by atoms with Crippen molar-refractivity contribution >= 4 is 91.1 Å². The van der Waals surface area contributed by atoms with Crippen LogP contribution in [0.4, 0.5) is 85.3 Å². The number of benzene rings is 11. The number of hydrogen-bond donors (Lipinski definition) is 0. The summed E-state index contributed by atoms with van der Waals surface area (Å²) in [6.07, 6.45) is 5.78. The van der Waals surface area contributed by atoms with Crippen molar-refractivity contribution < 1.29 is 4.79 Å². The molecule has 0 fully saturated rings. The fraction of sp³-hybridized carbons (Fsp3) is 0.0548. The molecule has 0 saturated heterocycles. The van der Waals surface area contributed by atoms with Crippen LogP contribution >= 0.6 is 0 Å². The zero-order chi connectivity index (χ0) is 53.1. The molecule has 0 heterocycles. The van der Waals surface area contributed by atoms with Gasteiger partial charge in [0.15, 0.2) is 5.78 Å². The quantitative estimate of drug-likeness (QED) is 0.0668. The normalized spacial score (nSPS) is 11.9. The molecule has 0 aliphatic heterocycles. The summed E-state index contributed by atoms with van der Waals surface area (Å²) in [5.74, 6) is -0.111. The minimum atomic E-state index is -0.111. The van der Waals surface area contributed by atoms with Gasteiger partial charge in [0.25, 0.3) is 0 Å². The van der Waals surface area contributed by atoms with Crippen LogP contribution in [0.25, 0.3) is 0 Å². The minimum absolute atomic E-state index is 0.111. The van der Waals surface area contributed by atoms with Gasteiger partial charge in [0.05, 0.1) is 0 Å². The molecule has 0 bridgehead atoms. The fourth-order valence-corrected chi connectivity index (χ4v) is 11.1. The van der Waals surface area contributed by atoms with Crippen LogP contribution in [0.1, 0.15) is 32.6 Å². The molecule has 2 aliphatic rings. The number of fused-ring (bicyclic) bond motifs is 2. The van der Waals surface area contributed by atoms with E-state index in [2.05, 4.69) is 286 Å². The van der Waals surface area contributed by atoms with Gasteiger partial charge in [-0.3, -0.25) is 4.79 Å². The third kappa shape index (κ3) is 9.73. The van der Waals surface area contributed by atoms with Crippen LogP contribution in [0.15, 0.2) is 292 Å². The molecule has 11 aromatic carbocycles. The van der Waals surface area contributed by atoms with Gasteiger partial charge in [0, 0.05) is 90.9 Å². The number of allylic oxidation sites excluding steroid dienone is 1. The van der Waals surface area contributed by atoms with Gasteiger partial charge in [-0.15, -0.1) is 0 Å². The molecule has 6 nitrogen and oxygen atoms in total. The SMILES string of the molecule is C=CC(=O)c1ccc(N(c2ccc(N(c3ccc(N(c4ccccc4)c4ccccc4)cc3)c3ccc4c(c3)CC4)cc2)c2ccc(N(c3ccc(N(c4ccccc4)c4ccccc4)cc3)c3ccc4c(c3)CC4)cc2)cc1. The van der Waals surface area contributed by atoms with Crippen molar-refractivity contribution in [1.82, 2.24) is 0 Å². The largest absolute Gasteiger partial charge is 0.311 e. The Labute approximate surface area is 463 Å². The molecule has 13 rings (SSSR count). The molecule has 0 spiro atoms. The first kappa shape index (κ1) is 48.5. The summed E-state index contributed by atoms with van der Waals surface area (Å²) in [4.78, 5) is 24.4. The Morgan fingerprint density at radius 3 is 0.671 bits per heavy atom. The highest BCUT2D eigenvalue weighted by molar-refractivity contribution is 6.04. The second kappa shape index (κ2) is 21.5. The molecule has 0 radical (unpaired) electrons. The van der Waals surface area contributed by atoms with E-state index in [1.54, 1.807) is 0 Å². The first-order valence-corrected chi connectivity index (χ1v) is 27.1. The summed E-state index contributed by atoms with van der Waals surface area (Å²) in [5, 5.41) is 0. The molecule has 0 N–H and O–H groups in total. The summed E-state index contributed by atoms with van der Waals surface area (Å²) < 4.78 is 0. The molecule has 380 valence electrons. The van der Waals surface area contributed by atoms with Crippen LogP contribution in [-0.4, -0.2) is 5.78 Å². The number of carbonyl (C=O) groups is 1. The van der Waals surface area contributed by atoms with Crippen molar-refractivity contribution in [2.75, 3.05) is 24.5 Å². The molecule has 0 amide bonds. The fourth-order valence-electron chi connectivity index (χ4n) is 11.1. The third-order valence-corrected chi connectivity index (χ3v) is 15.3. The Bertz CT molecular complexity index is 3600. The first-order chi connectivity index (χ1) is 39.0. The van der Waals surface area contributed by atoms with E-state index in [4.69, 9.17) is 0 Å². The molecule has 11 aromatic rings. The van der Waals surface area contributed by atoms with Gasteiger partial charge in [0.1, 0.15) is 0 Å². The Morgan fingerprint density at radius 2 is 0.456 bits per heavy atom. The summed E-state index contributed by atoms with van der Waals surface area (Å²) in [6.45, 7) is 3.75. The number of carbonyl (C=O) groups excluding carboxylic acids is 1. The number of hydrogen-bond acceptors (Lipinski definition) is 6. The van der Waals surface area contributed by atoms with Crippen LogP contribution in [0.5, 0.6) is 0 Å². The molecular formula is C73H57N5O. The monoisotopic (exact) mass is 1020 g/mol. The predicted octanol–water partition coefficient (Wildman–Crippen LogP) is 19.6. The number of aryl methyl sites for hydroxylation is 4. The maximum Gasteiger partial charge on any atom is 0.185 e. The Kier molecular flexibility index (Phi) is 13.2. The van der Waals surface area contributed by atoms with E-state index in [1.165, 1.54) is 28.3 Å². The van der Waals surface area contributed by atoms with Crippen molar-refractivity contribution in [3.8, 4) is 0 Å². The van der Waals surface area contributed by atoms with Gasteiger partial charge in [-0.1, -0.05) is 91.5 Å². The Hall–Kier alpha value is -10.2. The lowest BCUT2D eigenvalue weighted by molar-refractivity contribution is 0.104. The molecular weight excluding hydrogens is 963 g/mol. The van der Waals surface area contributed by atoms with Crippen molar-refractivity contribution in [2.24, 2.45) is 0 Å². The number of anilines is 15. The predicted molar refractivity (Wildman–Crippen MR) is 329 cm³/mol. The Morgan fingerprint density at radius 1 is 0.253 bits per heavy atom. The highest BCUT2D eigenvalue weighted by Gasteiger charge is 2.23. The average molecular weight is 1020 g/mol. The van der Waals surface area contributed by atoms with Crippen LogP contribution < -0.4 is 24.5 Å². The lowest BCUT2D eigenvalue weighted by Crippen LogP contribution is -2.15. The van der Waals surface area contributed by atoms with Gasteiger partial charge < -0.3 is 24.5 Å². The molecule has 0 unspecified atom stereocenters. The van der Waals surface area contributed by atoms with Crippen LogP contribution in [0.2, 0.25) is 0 Å². The van der Waals surface area contributed by atoms with E-state index in [9.17, 15) is 4.79 Å². The Balaban J connectivity index is 0.862. The molecule has 79 heavy (non-hydrogen) atoms. The second-order valence-corrected chi connectivity index (χ2v) is 20.1. The summed E-state index contributed by atoms with van der Waals surface area (Å²) in [6, 6.07) is 99.1. The summed E-state index contributed by atoms with van der Waals surface area (Å²) in [7, 11) is 0. The molecule has 0 aromatic heterocycles. The standard InChI is InChI=1S/C73H57N5O/c1-2-73(79)55-29-31-62(32-30-55)76(65-39-47-69(48-40-65)77(71-33-27-53-23-25-56(53)51-71)67-43-35-63(36-44-67)74(58-15-7-3-8-16-58)59-17-9-4-10-18-59)66-41-49-70(50-42-66)78(72-34-28-54-24-26-57(54)52-72)68-45-37-64(38-46-68)75(60-19-11-5-12-20-60)61-21-13-6-14-22-61/h2-22,27-52H,1,23-26H2. The minimum Gasteiger partial charge on any atom is -0.311 e. The van der Waals surface area contributed by atoms with E-state index < -0.39 is 0 Å². The average Bonchev–Trinajstić information content (AvgIpc) is 3.50. The summed E-state index contributed by atoms with van der Waals surface area (Å²) in [5.41, 5.74) is 22.1. The van der Waals surface area contributed by atoms with Gasteiger partial charge in [-0.2, -0.15) is 0 Å². The number of ketones is 1. The van der Waals surface area contributed by atoms with Gasteiger partial charge in [0.2, 0.25) is 0 Å². The van der Waals surface area contributed by atoms with Crippen molar-refractivity contribution in [3.63, 3.8) is 0 Å². The smallest absolute Gasteiger partial charge is 0.185 e. The topological polar surface area (TPSA) is 33.3 Å². The van der Waals surface area contributed by atoms with Gasteiger partial charge in [-0.05, 0) is 248 Å². The lowest BCUT2D eigenvalue weighted by atomic mass is 9.88. The van der Waals surface area contributed by atoms with Crippen molar-refractivity contribution in [3.05, 3.63) is 320 Å². The van der Waals surface area contributed by atoms with E-state index in [0.717, 1.165) is 111 Å². The first-order valence-electron chi connectivity index (χ1n) is 27.1. The maximum absolute atomic E-state index is 12.8. The van der Waals surface area contributed by atoms with E-state index in [1.807, 2.05) is 24.3 Å². The van der Waals surface area contributed by atoms with Crippen molar-refractivity contribution in [1.29, 1.82) is 0 Å². The molecule has 0 atom stereocenters. The van der Waals surface area contributed by atoms with E-state index in [-0.39, 0.29) is 5.78 Å². The highest BCUT2D eigenvalue weighted by atomic mass is 16.1. The van der Waals surface area contributed by atoms with Crippen LogP contribution in [-0.2, 0) is 25.7 Å². The van der Waals surface area contributed by atoms with Crippen LogP contribution in [0.3, 0.4) is 0 Å². The zero-order valence-corrected chi connectivity index (χ0v) is 43.8. The molecule has 0 saturated carbocycles. The lowest BCUT2D eigenvalue weighted by Gasteiger charge is -2.31. The number of para-hydroxylation sites is 4. The molecule has 6 heteroatoms.